The van der Waals surface area contributed by atoms with Crippen LogP contribution in [0.3, 0.4) is 0 Å². The molecule has 2 saturated heterocycles. The molecule has 2 fully saturated rings. The standard InChI is InChI=1S/C14H14ClN5O8S/c1-26-19-8(7-9(15)29-13(16)18-7)10(22)17-5-4-27-20(11(5)23)14(12(24)25)3-2-6(21)28-14/h5H,2-4H2,1H3,(H2,16,18)(H,17,22)(H,24,25)/b19-8-/t5-,14?/m0/s1. The molecule has 1 aromatic rings. The molecule has 3 heterocycles. The first-order chi connectivity index (χ1) is 13.7. The minimum absolute atomic E-state index is 0.0523. The van der Waals surface area contributed by atoms with Crippen LogP contribution in [0.5, 0.6) is 0 Å². The van der Waals surface area contributed by atoms with Gasteiger partial charge in [-0.25, -0.2) is 9.78 Å². The average molecular weight is 448 g/mol. The van der Waals surface area contributed by atoms with E-state index in [-0.39, 0.29) is 33.7 Å². The normalized spacial score (nSPS) is 24.6. The number of carboxylic acids is 1. The molecule has 2 amide bonds. The van der Waals surface area contributed by atoms with E-state index in [1.807, 2.05) is 0 Å². The van der Waals surface area contributed by atoms with Gasteiger partial charge in [0.25, 0.3) is 11.8 Å². The van der Waals surface area contributed by atoms with Crippen LogP contribution in [0.2, 0.25) is 4.34 Å². The summed E-state index contributed by atoms with van der Waals surface area (Å²) in [7, 11) is 1.19. The fraction of sp³-hybridized carbons (Fsp3) is 0.429. The fourth-order valence-corrected chi connectivity index (χ4v) is 3.66. The Balaban J connectivity index is 1.78. The van der Waals surface area contributed by atoms with Crippen LogP contribution in [0.4, 0.5) is 5.13 Å². The van der Waals surface area contributed by atoms with Crippen molar-refractivity contribution in [2.45, 2.75) is 24.6 Å². The topological polar surface area (TPSA) is 183 Å². The largest absolute Gasteiger partial charge is 0.477 e. The summed E-state index contributed by atoms with van der Waals surface area (Å²) in [6, 6.07) is -1.28. The number of halogens is 1. The SMILES string of the molecule is CO/N=C(\C(=O)N[C@H]1CON(C2(C(=O)O)CCC(=O)O2)C1=O)c1nc(N)sc1Cl. The predicted molar refractivity (Wildman–Crippen MR) is 95.5 cm³/mol. The summed E-state index contributed by atoms with van der Waals surface area (Å²) in [5, 5.41) is 15.9. The summed E-state index contributed by atoms with van der Waals surface area (Å²) in [5.41, 5.74) is 2.87. The first kappa shape index (κ1) is 20.8. The number of nitrogen functional groups attached to an aromatic ring is 1. The molecule has 15 heteroatoms. The van der Waals surface area contributed by atoms with Crippen molar-refractivity contribution in [1.29, 1.82) is 0 Å². The van der Waals surface area contributed by atoms with Gasteiger partial charge in [0, 0.05) is 6.42 Å². The molecular formula is C14H14ClN5O8S. The molecule has 0 spiro atoms. The van der Waals surface area contributed by atoms with Crippen LogP contribution in [0.1, 0.15) is 18.5 Å². The van der Waals surface area contributed by atoms with E-state index in [1.54, 1.807) is 0 Å². The summed E-state index contributed by atoms with van der Waals surface area (Å²) in [6.07, 6.45) is -0.497. The van der Waals surface area contributed by atoms with E-state index >= 15 is 0 Å². The minimum Gasteiger partial charge on any atom is -0.477 e. The third-order valence-corrected chi connectivity index (χ3v) is 5.09. The first-order valence-electron chi connectivity index (χ1n) is 7.96. The third kappa shape index (κ3) is 3.68. The van der Waals surface area contributed by atoms with Gasteiger partial charge in [-0.3, -0.25) is 19.2 Å². The van der Waals surface area contributed by atoms with Crippen LogP contribution in [-0.2, 0) is 33.6 Å². The van der Waals surface area contributed by atoms with Crippen LogP contribution in [0.25, 0.3) is 0 Å². The molecule has 156 valence electrons. The number of oxime groups is 1. The zero-order valence-corrected chi connectivity index (χ0v) is 16.3. The van der Waals surface area contributed by atoms with Crippen LogP contribution < -0.4 is 11.1 Å². The number of ether oxygens (including phenoxy) is 1. The van der Waals surface area contributed by atoms with Gasteiger partial charge in [0.2, 0.25) is 0 Å². The van der Waals surface area contributed by atoms with E-state index in [0.29, 0.717) is 5.06 Å². The van der Waals surface area contributed by atoms with E-state index in [9.17, 15) is 24.3 Å². The Hall–Kier alpha value is -2.97. The highest BCUT2D eigenvalue weighted by molar-refractivity contribution is 7.19. The molecule has 2 atom stereocenters. The molecule has 2 aliphatic heterocycles. The minimum atomic E-state index is -2.29. The second kappa shape index (κ2) is 7.81. The highest BCUT2D eigenvalue weighted by atomic mass is 35.5. The summed E-state index contributed by atoms with van der Waals surface area (Å²) in [6.45, 7) is -0.398. The number of anilines is 1. The van der Waals surface area contributed by atoms with Gasteiger partial charge in [0.1, 0.15) is 29.8 Å². The number of esters is 1. The Labute approximate surface area is 171 Å². The van der Waals surface area contributed by atoms with Crippen LogP contribution in [0.15, 0.2) is 5.16 Å². The smallest absolute Gasteiger partial charge is 0.372 e. The van der Waals surface area contributed by atoms with Crippen LogP contribution in [-0.4, -0.2) is 70.1 Å². The second-order valence-electron chi connectivity index (χ2n) is 5.81. The van der Waals surface area contributed by atoms with Gasteiger partial charge < -0.3 is 25.7 Å². The van der Waals surface area contributed by atoms with Gasteiger partial charge >= 0.3 is 17.7 Å². The Kier molecular flexibility index (Phi) is 5.59. The van der Waals surface area contributed by atoms with Gasteiger partial charge in [0.05, 0.1) is 6.42 Å². The van der Waals surface area contributed by atoms with Crippen molar-refractivity contribution in [3.05, 3.63) is 10.0 Å². The molecule has 0 saturated carbocycles. The maximum absolute atomic E-state index is 12.6. The number of thiazole rings is 1. The molecule has 0 bridgehead atoms. The number of hydrogen-bond donors (Lipinski definition) is 3. The average Bonchev–Trinajstić information content (AvgIpc) is 3.31. The van der Waals surface area contributed by atoms with Crippen molar-refractivity contribution in [3.8, 4) is 0 Å². The summed E-state index contributed by atoms with van der Waals surface area (Å²) in [4.78, 5) is 62.0. The molecule has 4 N–H and O–H groups in total. The van der Waals surface area contributed by atoms with E-state index < -0.39 is 42.1 Å². The Morgan fingerprint density at radius 1 is 1.52 bits per heavy atom. The number of nitrogens with two attached hydrogens (primary N) is 1. The molecular weight excluding hydrogens is 434 g/mol. The third-order valence-electron chi connectivity index (χ3n) is 4.01. The molecule has 29 heavy (non-hydrogen) atoms. The van der Waals surface area contributed by atoms with E-state index in [0.717, 1.165) is 11.3 Å². The van der Waals surface area contributed by atoms with E-state index in [1.165, 1.54) is 7.11 Å². The predicted octanol–water partition coefficient (Wildman–Crippen LogP) is -0.894. The van der Waals surface area contributed by atoms with Crippen molar-refractivity contribution in [2.24, 2.45) is 5.16 Å². The number of rotatable bonds is 6. The number of aliphatic carboxylic acids is 1. The summed E-state index contributed by atoms with van der Waals surface area (Å²) < 4.78 is 4.91. The van der Waals surface area contributed by atoms with Crippen LogP contribution >= 0.6 is 22.9 Å². The number of hydroxylamine groups is 2. The summed E-state index contributed by atoms with van der Waals surface area (Å²) in [5.74, 6) is -4.18. The zero-order valence-electron chi connectivity index (χ0n) is 14.7. The highest BCUT2D eigenvalue weighted by Gasteiger charge is 2.59. The molecule has 2 aliphatic rings. The van der Waals surface area contributed by atoms with Gasteiger partial charge in [-0.1, -0.05) is 28.1 Å². The van der Waals surface area contributed by atoms with Crippen molar-refractivity contribution < 1.29 is 38.7 Å². The molecule has 0 radical (unpaired) electrons. The lowest BCUT2D eigenvalue weighted by molar-refractivity contribution is -0.256. The van der Waals surface area contributed by atoms with Crippen molar-refractivity contribution in [2.75, 3.05) is 19.5 Å². The van der Waals surface area contributed by atoms with E-state index in [2.05, 4.69) is 20.3 Å². The monoisotopic (exact) mass is 447 g/mol. The molecule has 0 aromatic carbocycles. The van der Waals surface area contributed by atoms with Gasteiger partial charge in [-0.15, -0.1) is 0 Å². The zero-order chi connectivity index (χ0) is 21.3. The fourth-order valence-electron chi connectivity index (χ4n) is 2.73. The van der Waals surface area contributed by atoms with Gasteiger partial charge in [-0.05, 0) is 0 Å². The number of nitrogens with one attached hydrogen (secondary N) is 1. The second-order valence-corrected chi connectivity index (χ2v) is 7.45. The number of hydrogen-bond acceptors (Lipinski definition) is 11. The number of amides is 2. The van der Waals surface area contributed by atoms with Gasteiger partial charge in [0.15, 0.2) is 10.8 Å². The number of carbonyl (C=O) groups is 4. The Bertz CT molecular complexity index is 920. The Morgan fingerprint density at radius 3 is 2.76 bits per heavy atom. The number of nitrogens with zero attached hydrogens (tertiary/aromatic N) is 3. The number of carboxylic acid groups (broad SMARTS) is 1. The highest BCUT2D eigenvalue weighted by Crippen LogP contribution is 2.34. The maximum Gasteiger partial charge on any atom is 0.372 e. The molecule has 1 unspecified atom stereocenters. The lowest BCUT2D eigenvalue weighted by Gasteiger charge is -2.30. The van der Waals surface area contributed by atoms with Gasteiger partial charge in [-0.2, -0.15) is 5.06 Å². The molecule has 0 aliphatic carbocycles. The Morgan fingerprint density at radius 2 is 2.24 bits per heavy atom. The number of cyclic esters (lactones) is 1. The number of aromatic nitrogens is 1. The molecule has 13 nitrogen and oxygen atoms in total. The first-order valence-corrected chi connectivity index (χ1v) is 9.15. The summed E-state index contributed by atoms with van der Waals surface area (Å²) >= 11 is 6.89. The van der Waals surface area contributed by atoms with E-state index in [4.69, 9.17) is 26.9 Å². The lowest BCUT2D eigenvalue weighted by atomic mass is 10.1. The maximum atomic E-state index is 12.6. The van der Waals surface area contributed by atoms with Crippen molar-refractivity contribution in [1.82, 2.24) is 15.4 Å². The molecule has 1 aromatic heterocycles. The van der Waals surface area contributed by atoms with Crippen molar-refractivity contribution >= 4 is 57.5 Å². The number of carbonyl (C=O) groups excluding carboxylic acids is 3. The lowest BCUT2D eigenvalue weighted by Crippen LogP contribution is -2.57. The quantitative estimate of drug-likeness (QED) is 0.280. The molecule has 3 rings (SSSR count). The van der Waals surface area contributed by atoms with Crippen LogP contribution in [0, 0.1) is 0 Å². The van der Waals surface area contributed by atoms with Crippen molar-refractivity contribution in [3.63, 3.8) is 0 Å².